The fraction of sp³-hybridized carbons (Fsp3) is 0. The van der Waals surface area contributed by atoms with Crippen molar-refractivity contribution < 1.29 is 0 Å². The van der Waals surface area contributed by atoms with E-state index < -0.39 is 0 Å². The lowest BCUT2D eigenvalue weighted by Crippen LogP contribution is -1.91. The summed E-state index contributed by atoms with van der Waals surface area (Å²) in [4.78, 5) is 13.3. The SMILES string of the molecule is c1cnn(-c2nc3cncnc3s2)c1. The lowest BCUT2D eigenvalue weighted by molar-refractivity contribution is 0.872. The van der Waals surface area contributed by atoms with Crippen molar-refractivity contribution in [3.05, 3.63) is 31.0 Å². The van der Waals surface area contributed by atoms with Gasteiger partial charge in [0.25, 0.3) is 0 Å². The van der Waals surface area contributed by atoms with Gasteiger partial charge in [-0.15, -0.1) is 0 Å². The normalized spacial score (nSPS) is 10.9. The van der Waals surface area contributed by atoms with Crippen molar-refractivity contribution in [2.75, 3.05) is 0 Å². The Bertz CT molecular complexity index is 523. The minimum absolute atomic E-state index is 0.808. The first-order valence-electron chi connectivity index (χ1n) is 4.00. The molecule has 0 aliphatic carbocycles. The number of hydrogen-bond acceptors (Lipinski definition) is 5. The smallest absolute Gasteiger partial charge is 0.212 e. The Morgan fingerprint density at radius 2 is 2.36 bits per heavy atom. The first-order valence-corrected chi connectivity index (χ1v) is 4.82. The minimum Gasteiger partial charge on any atom is -0.242 e. The van der Waals surface area contributed by atoms with Crippen molar-refractivity contribution in [3.63, 3.8) is 0 Å². The molecule has 3 aromatic heterocycles. The quantitative estimate of drug-likeness (QED) is 0.597. The van der Waals surface area contributed by atoms with Gasteiger partial charge < -0.3 is 0 Å². The fourth-order valence-electron chi connectivity index (χ4n) is 1.16. The van der Waals surface area contributed by atoms with Gasteiger partial charge in [-0.2, -0.15) is 5.10 Å². The third-order valence-electron chi connectivity index (χ3n) is 1.76. The summed E-state index contributed by atoms with van der Waals surface area (Å²) >= 11 is 1.49. The van der Waals surface area contributed by atoms with Crippen molar-refractivity contribution in [1.82, 2.24) is 24.7 Å². The van der Waals surface area contributed by atoms with Gasteiger partial charge >= 0.3 is 0 Å². The molecule has 5 nitrogen and oxygen atoms in total. The second kappa shape index (κ2) is 2.85. The van der Waals surface area contributed by atoms with Crippen LogP contribution in [0.2, 0.25) is 0 Å². The van der Waals surface area contributed by atoms with E-state index in [0.717, 1.165) is 15.5 Å². The highest BCUT2D eigenvalue weighted by atomic mass is 32.1. The molecule has 0 spiro atoms. The first-order chi connectivity index (χ1) is 6.93. The van der Waals surface area contributed by atoms with Gasteiger partial charge in [0.2, 0.25) is 5.13 Å². The molecule has 0 aliphatic heterocycles. The van der Waals surface area contributed by atoms with Gasteiger partial charge in [-0.3, -0.25) is 0 Å². The van der Waals surface area contributed by atoms with Crippen LogP contribution in [0.25, 0.3) is 15.5 Å². The fourth-order valence-corrected chi connectivity index (χ4v) is 1.98. The predicted molar refractivity (Wildman–Crippen MR) is 52.3 cm³/mol. The molecular weight excluding hydrogens is 198 g/mol. The van der Waals surface area contributed by atoms with Crippen LogP contribution in [0.15, 0.2) is 31.0 Å². The van der Waals surface area contributed by atoms with Gasteiger partial charge in [0.05, 0.1) is 6.20 Å². The number of fused-ring (bicyclic) bond motifs is 1. The van der Waals surface area contributed by atoms with Crippen LogP contribution in [-0.2, 0) is 0 Å². The average Bonchev–Trinajstić information content (AvgIpc) is 2.86. The van der Waals surface area contributed by atoms with Crippen LogP contribution in [0.5, 0.6) is 0 Å². The standard InChI is InChI=1S/C8H5N5S/c1-2-11-13(3-1)8-12-6-4-9-5-10-7(6)14-8/h1-5H. The number of rotatable bonds is 1. The van der Waals surface area contributed by atoms with E-state index in [2.05, 4.69) is 20.1 Å². The third kappa shape index (κ3) is 1.08. The molecular formula is C8H5N5S. The van der Waals surface area contributed by atoms with Crippen LogP contribution >= 0.6 is 11.3 Å². The molecule has 3 aromatic rings. The minimum atomic E-state index is 0.808. The highest BCUT2D eigenvalue weighted by Gasteiger charge is 2.05. The van der Waals surface area contributed by atoms with Crippen LogP contribution in [0.4, 0.5) is 0 Å². The second-order valence-electron chi connectivity index (χ2n) is 2.66. The van der Waals surface area contributed by atoms with E-state index in [9.17, 15) is 0 Å². The number of nitrogens with zero attached hydrogens (tertiary/aromatic N) is 5. The van der Waals surface area contributed by atoms with Gasteiger partial charge in [0.1, 0.15) is 16.7 Å². The highest BCUT2D eigenvalue weighted by Crippen LogP contribution is 2.20. The second-order valence-corrected chi connectivity index (χ2v) is 3.62. The summed E-state index contributed by atoms with van der Waals surface area (Å²) in [6.45, 7) is 0. The van der Waals surface area contributed by atoms with Gasteiger partial charge in [0, 0.05) is 12.4 Å². The van der Waals surface area contributed by atoms with Crippen molar-refractivity contribution in [3.8, 4) is 5.13 Å². The Balaban J connectivity index is 2.24. The summed E-state index contributed by atoms with van der Waals surface area (Å²) in [5.74, 6) is 0. The molecule has 0 amide bonds. The predicted octanol–water partition coefficient (Wildman–Crippen LogP) is 1.27. The Kier molecular flexibility index (Phi) is 1.54. The zero-order valence-electron chi connectivity index (χ0n) is 7.03. The van der Waals surface area contributed by atoms with E-state index in [0.29, 0.717) is 0 Å². The molecule has 14 heavy (non-hydrogen) atoms. The van der Waals surface area contributed by atoms with Gasteiger partial charge in [-0.1, -0.05) is 11.3 Å². The first kappa shape index (κ1) is 7.57. The molecule has 0 saturated heterocycles. The lowest BCUT2D eigenvalue weighted by atomic mass is 10.6. The molecule has 0 saturated carbocycles. The highest BCUT2D eigenvalue weighted by molar-refractivity contribution is 7.20. The van der Waals surface area contributed by atoms with Crippen LogP contribution in [0.3, 0.4) is 0 Å². The molecule has 3 rings (SSSR count). The number of hydrogen-bond donors (Lipinski definition) is 0. The summed E-state index contributed by atoms with van der Waals surface area (Å²) in [6, 6.07) is 1.86. The van der Waals surface area contributed by atoms with E-state index in [1.165, 1.54) is 17.7 Å². The van der Waals surface area contributed by atoms with Crippen molar-refractivity contribution in [2.45, 2.75) is 0 Å². The summed E-state index contributed by atoms with van der Waals surface area (Å²) in [6.07, 6.45) is 6.79. The maximum atomic E-state index is 4.35. The van der Waals surface area contributed by atoms with Crippen LogP contribution < -0.4 is 0 Å². The molecule has 6 heteroatoms. The van der Waals surface area contributed by atoms with E-state index in [-0.39, 0.29) is 0 Å². The number of aromatic nitrogens is 5. The van der Waals surface area contributed by atoms with Crippen LogP contribution in [0, 0.1) is 0 Å². The Labute approximate surface area is 83.1 Å². The monoisotopic (exact) mass is 203 g/mol. The average molecular weight is 203 g/mol. The van der Waals surface area contributed by atoms with Crippen molar-refractivity contribution in [2.24, 2.45) is 0 Å². The number of thiazole rings is 1. The maximum absolute atomic E-state index is 4.35. The van der Waals surface area contributed by atoms with E-state index >= 15 is 0 Å². The Hall–Kier alpha value is -1.82. The molecule has 0 N–H and O–H groups in total. The molecule has 68 valence electrons. The van der Waals surface area contributed by atoms with Crippen molar-refractivity contribution in [1.29, 1.82) is 0 Å². The summed E-state index contributed by atoms with van der Waals surface area (Å²) in [5, 5.41) is 4.91. The topological polar surface area (TPSA) is 56.5 Å². The van der Waals surface area contributed by atoms with E-state index in [1.54, 1.807) is 17.1 Å². The lowest BCUT2D eigenvalue weighted by Gasteiger charge is -1.89. The Morgan fingerprint density at radius 1 is 1.36 bits per heavy atom. The summed E-state index contributed by atoms with van der Waals surface area (Å²) in [5.41, 5.74) is 0.808. The zero-order chi connectivity index (χ0) is 9.38. The summed E-state index contributed by atoms with van der Waals surface area (Å²) < 4.78 is 1.71. The van der Waals surface area contributed by atoms with Gasteiger partial charge in [0.15, 0.2) is 0 Å². The largest absolute Gasteiger partial charge is 0.242 e. The molecule has 3 heterocycles. The molecule has 0 aliphatic rings. The molecule has 0 atom stereocenters. The summed E-state index contributed by atoms with van der Waals surface area (Å²) in [7, 11) is 0. The van der Waals surface area contributed by atoms with E-state index in [1.807, 2.05) is 12.3 Å². The molecule has 0 aromatic carbocycles. The van der Waals surface area contributed by atoms with Crippen LogP contribution in [-0.4, -0.2) is 24.7 Å². The van der Waals surface area contributed by atoms with Crippen LogP contribution in [0.1, 0.15) is 0 Å². The molecule has 0 bridgehead atoms. The van der Waals surface area contributed by atoms with Crippen molar-refractivity contribution >= 4 is 21.7 Å². The van der Waals surface area contributed by atoms with E-state index in [4.69, 9.17) is 0 Å². The third-order valence-corrected chi connectivity index (χ3v) is 2.73. The molecule has 0 radical (unpaired) electrons. The van der Waals surface area contributed by atoms with Gasteiger partial charge in [-0.25, -0.2) is 19.6 Å². The molecule has 0 fully saturated rings. The maximum Gasteiger partial charge on any atom is 0.212 e. The molecule has 0 unspecified atom stereocenters. The van der Waals surface area contributed by atoms with Gasteiger partial charge in [-0.05, 0) is 6.07 Å². The Morgan fingerprint density at radius 3 is 3.14 bits per heavy atom. The zero-order valence-corrected chi connectivity index (χ0v) is 7.85.